The van der Waals surface area contributed by atoms with E-state index in [1.807, 2.05) is 27.7 Å². The monoisotopic (exact) mass is 717 g/mol. The minimum absolute atomic E-state index is 0.0248. The summed E-state index contributed by atoms with van der Waals surface area (Å²) in [6.07, 6.45) is -0.131. The Morgan fingerprint density at radius 2 is 1.45 bits per heavy atom. The summed E-state index contributed by atoms with van der Waals surface area (Å²) in [7, 11) is 0. The Balaban J connectivity index is 1.68. The Morgan fingerprint density at radius 1 is 0.824 bits per heavy atom. The van der Waals surface area contributed by atoms with Gasteiger partial charge in [-0.1, -0.05) is 53.7 Å². The normalized spacial score (nSPS) is 15.6. The minimum atomic E-state index is -0.913. The number of nitrogens with zero attached hydrogens (tertiary/aromatic N) is 1. The number of anilines is 1. The highest BCUT2D eigenvalue weighted by Crippen LogP contribution is 2.25. The van der Waals surface area contributed by atoms with Crippen LogP contribution in [-0.4, -0.2) is 97.9 Å². The van der Waals surface area contributed by atoms with E-state index in [1.54, 1.807) is 38.1 Å². The van der Waals surface area contributed by atoms with Gasteiger partial charge in [-0.15, -0.1) is 0 Å². The topological polar surface area (TPSA) is 199 Å². The molecule has 1 saturated heterocycles. The summed E-state index contributed by atoms with van der Waals surface area (Å²) in [5.41, 5.74) is 1.11. The maximum absolute atomic E-state index is 13.0. The highest BCUT2D eigenvalue weighted by atomic mass is 16.5. The fraction of sp³-hybridized carbons (Fsp3) is 0.639. The van der Waals surface area contributed by atoms with E-state index in [-0.39, 0.29) is 92.9 Å². The van der Waals surface area contributed by atoms with E-state index in [1.165, 1.54) is 11.8 Å². The summed E-state index contributed by atoms with van der Waals surface area (Å²) in [5, 5.41) is 10.6. The number of rotatable bonds is 22. The minimum Gasteiger partial charge on any atom is -0.445 e. The molecule has 0 saturated carbocycles. The number of amides is 6. The zero-order chi connectivity index (χ0) is 38.1. The molecule has 3 unspecified atom stereocenters. The maximum atomic E-state index is 13.0. The third kappa shape index (κ3) is 15.2. The summed E-state index contributed by atoms with van der Waals surface area (Å²) in [5.74, 6) is -2.22. The van der Waals surface area contributed by atoms with Crippen molar-refractivity contribution < 1.29 is 47.8 Å². The number of likely N-dealkylation sites (tertiary alicyclic amines) is 1. The number of ketones is 1. The van der Waals surface area contributed by atoms with E-state index in [0.29, 0.717) is 30.9 Å². The van der Waals surface area contributed by atoms with Gasteiger partial charge in [0, 0.05) is 49.9 Å². The Hall–Kier alpha value is -4.37. The Bertz CT molecular complexity index is 1350. The second-order valence-corrected chi connectivity index (χ2v) is 13.5. The van der Waals surface area contributed by atoms with Crippen LogP contribution in [-0.2, 0) is 49.6 Å². The molecule has 6 amide bonds. The third-order valence-electron chi connectivity index (χ3n) is 8.28. The molecule has 1 aromatic rings. The van der Waals surface area contributed by atoms with Gasteiger partial charge >= 0.3 is 6.09 Å². The molecule has 3 atom stereocenters. The first-order valence-electron chi connectivity index (χ1n) is 17.5. The SMILES string of the molecule is CC(C)C(=O)CCOCCOCCC(=O)NC(C(=O)NC(C)C(=O)Nc1ccc(COC(=O)NCCN2C(=O)CC(C(C)C)C2=O)cc1)C(C)C. The predicted octanol–water partition coefficient (Wildman–Crippen LogP) is 2.57. The van der Waals surface area contributed by atoms with Crippen molar-refractivity contribution in [3.8, 4) is 0 Å². The molecule has 1 aliphatic rings. The van der Waals surface area contributed by atoms with Gasteiger partial charge in [-0.2, -0.15) is 0 Å². The second-order valence-electron chi connectivity index (χ2n) is 13.5. The molecule has 284 valence electrons. The van der Waals surface area contributed by atoms with E-state index >= 15 is 0 Å². The number of alkyl carbamates (subject to hydrolysis) is 1. The van der Waals surface area contributed by atoms with Gasteiger partial charge in [-0.25, -0.2) is 4.79 Å². The van der Waals surface area contributed by atoms with E-state index in [9.17, 15) is 33.6 Å². The number of imide groups is 1. The quantitative estimate of drug-likeness (QED) is 0.102. The van der Waals surface area contributed by atoms with E-state index in [2.05, 4.69) is 21.3 Å². The van der Waals surface area contributed by atoms with Crippen LogP contribution in [0.25, 0.3) is 0 Å². The van der Waals surface area contributed by atoms with Crippen LogP contribution in [0.2, 0.25) is 0 Å². The molecule has 1 aliphatic heterocycles. The predicted molar refractivity (Wildman–Crippen MR) is 188 cm³/mol. The van der Waals surface area contributed by atoms with Crippen molar-refractivity contribution in [3.63, 3.8) is 0 Å². The zero-order valence-corrected chi connectivity index (χ0v) is 30.9. The molecular formula is C36H55N5O10. The van der Waals surface area contributed by atoms with Crippen LogP contribution in [0, 0.1) is 23.7 Å². The first-order chi connectivity index (χ1) is 24.1. The largest absolute Gasteiger partial charge is 0.445 e. The fourth-order valence-electron chi connectivity index (χ4n) is 4.97. The lowest BCUT2D eigenvalue weighted by Crippen LogP contribution is -2.53. The summed E-state index contributed by atoms with van der Waals surface area (Å²) in [6, 6.07) is 4.79. The standard InChI is InChI=1S/C36H55N5O10/c1-22(2)28-20-31(44)41(35(28)47)15-14-37-36(48)51-21-26-8-10-27(11-9-26)39-33(45)25(7)38-34(46)32(24(5)6)40-30(43)13-17-50-19-18-49-16-12-29(42)23(3)4/h8-11,22-25,28,32H,12-21H2,1-7H3,(H,37,48)(H,38,46)(H,39,45)(H,40,43). The number of hydrogen-bond acceptors (Lipinski definition) is 10. The summed E-state index contributed by atoms with van der Waals surface area (Å²) < 4.78 is 16.0. The molecule has 0 radical (unpaired) electrons. The van der Waals surface area contributed by atoms with Gasteiger partial charge in [0.05, 0.1) is 26.4 Å². The number of benzene rings is 1. The number of carbonyl (C=O) groups excluding carboxylic acids is 7. The summed E-state index contributed by atoms with van der Waals surface area (Å²) in [6.45, 7) is 13.7. The average molecular weight is 718 g/mol. The molecule has 0 spiro atoms. The lowest BCUT2D eigenvalue weighted by molar-refractivity contribution is -0.139. The van der Waals surface area contributed by atoms with Crippen molar-refractivity contribution in [1.29, 1.82) is 0 Å². The molecule has 2 rings (SSSR count). The molecule has 51 heavy (non-hydrogen) atoms. The van der Waals surface area contributed by atoms with E-state index in [0.717, 1.165) is 0 Å². The molecule has 1 heterocycles. The number of ether oxygens (including phenoxy) is 3. The van der Waals surface area contributed by atoms with Crippen LogP contribution in [0.5, 0.6) is 0 Å². The van der Waals surface area contributed by atoms with Crippen LogP contribution >= 0.6 is 0 Å². The zero-order valence-electron chi connectivity index (χ0n) is 30.9. The first-order valence-corrected chi connectivity index (χ1v) is 17.5. The highest BCUT2D eigenvalue weighted by Gasteiger charge is 2.39. The van der Waals surface area contributed by atoms with Crippen LogP contribution in [0.4, 0.5) is 10.5 Å². The molecule has 15 heteroatoms. The Labute approximate surface area is 300 Å². The second kappa shape index (κ2) is 21.8. The lowest BCUT2D eigenvalue weighted by Gasteiger charge is -2.24. The van der Waals surface area contributed by atoms with Crippen molar-refractivity contribution in [1.82, 2.24) is 20.9 Å². The molecule has 1 fully saturated rings. The van der Waals surface area contributed by atoms with Gasteiger partial charge in [-0.3, -0.25) is 33.7 Å². The molecule has 0 aromatic heterocycles. The van der Waals surface area contributed by atoms with Crippen LogP contribution in [0.1, 0.15) is 73.3 Å². The maximum Gasteiger partial charge on any atom is 0.407 e. The van der Waals surface area contributed by atoms with Crippen LogP contribution in [0.15, 0.2) is 24.3 Å². The Kier molecular flexibility index (Phi) is 18.3. The molecule has 4 N–H and O–H groups in total. The number of nitrogens with one attached hydrogen (secondary N) is 4. The van der Waals surface area contributed by atoms with Crippen LogP contribution in [0.3, 0.4) is 0 Å². The van der Waals surface area contributed by atoms with Crippen molar-refractivity contribution >= 4 is 47.1 Å². The van der Waals surface area contributed by atoms with E-state index < -0.39 is 30.0 Å². The van der Waals surface area contributed by atoms with Gasteiger partial charge in [0.25, 0.3) is 0 Å². The fourth-order valence-corrected chi connectivity index (χ4v) is 4.97. The number of carbonyl (C=O) groups is 7. The molecule has 15 nitrogen and oxygen atoms in total. The van der Waals surface area contributed by atoms with Gasteiger partial charge in [0.2, 0.25) is 29.5 Å². The van der Waals surface area contributed by atoms with Gasteiger partial charge in [0.15, 0.2) is 0 Å². The third-order valence-corrected chi connectivity index (χ3v) is 8.28. The molecule has 0 aliphatic carbocycles. The molecular weight excluding hydrogens is 662 g/mol. The lowest BCUT2D eigenvalue weighted by atomic mass is 9.94. The summed E-state index contributed by atoms with van der Waals surface area (Å²) >= 11 is 0. The summed E-state index contributed by atoms with van der Waals surface area (Å²) in [4.78, 5) is 87.7. The van der Waals surface area contributed by atoms with Crippen molar-refractivity contribution in [2.45, 2.75) is 86.4 Å². The first kappa shape index (κ1) is 42.8. The molecule has 0 bridgehead atoms. The average Bonchev–Trinajstić information content (AvgIpc) is 3.36. The van der Waals surface area contributed by atoms with Gasteiger partial charge in [0.1, 0.15) is 24.5 Å². The van der Waals surface area contributed by atoms with Gasteiger partial charge in [-0.05, 0) is 36.5 Å². The number of Topliss-reactive ketones (excluding diaryl/α,β-unsaturated/α-hetero) is 1. The van der Waals surface area contributed by atoms with Crippen LogP contribution < -0.4 is 21.3 Å². The van der Waals surface area contributed by atoms with Crippen molar-refractivity contribution in [3.05, 3.63) is 29.8 Å². The van der Waals surface area contributed by atoms with Crippen molar-refractivity contribution in [2.75, 3.05) is 44.8 Å². The smallest absolute Gasteiger partial charge is 0.407 e. The van der Waals surface area contributed by atoms with Crippen molar-refractivity contribution in [2.24, 2.45) is 23.7 Å². The molecule has 1 aromatic carbocycles. The Morgan fingerprint density at radius 3 is 2.02 bits per heavy atom. The number of hydrogen-bond donors (Lipinski definition) is 4. The van der Waals surface area contributed by atoms with E-state index in [4.69, 9.17) is 14.2 Å². The highest BCUT2D eigenvalue weighted by molar-refractivity contribution is 6.03. The van der Waals surface area contributed by atoms with Gasteiger partial charge < -0.3 is 35.5 Å².